The number of methoxy groups -OCH3 is 1. The van der Waals surface area contributed by atoms with Crippen LogP contribution in [-0.4, -0.2) is 18.0 Å². The van der Waals surface area contributed by atoms with Crippen molar-refractivity contribution in [3.63, 3.8) is 0 Å². The van der Waals surface area contributed by atoms with Crippen molar-refractivity contribution in [3.8, 4) is 5.75 Å². The van der Waals surface area contributed by atoms with Crippen molar-refractivity contribution in [2.45, 2.75) is 26.8 Å². The number of ether oxygens (including phenoxy) is 1. The SMILES string of the molecule is COc1cccc([C@@H]2c3c(oc4ccc(C)cc4c3=O)C(=O)N2c2nc(C)c(C)s2)c1. The standard InChI is InChI=1S/C24H20N2O4S/c1-12-8-9-18-17(10-12)21(27)19-20(15-6-5-7-16(11-15)29-4)26(23(28)22(19)30-18)24-25-13(2)14(3)31-24/h5-11,20H,1-4H3/t20-/m1/s1. The average Bonchev–Trinajstić information content (AvgIpc) is 3.25. The molecule has 1 aliphatic heterocycles. The summed E-state index contributed by atoms with van der Waals surface area (Å²) in [7, 11) is 1.59. The Bertz CT molecular complexity index is 1400. The lowest BCUT2D eigenvalue weighted by atomic mass is 9.98. The Morgan fingerprint density at radius 1 is 1.10 bits per heavy atom. The minimum atomic E-state index is -0.649. The van der Waals surface area contributed by atoms with Crippen molar-refractivity contribution < 1.29 is 13.9 Å². The van der Waals surface area contributed by atoms with Crippen molar-refractivity contribution in [2.75, 3.05) is 12.0 Å². The first-order chi connectivity index (χ1) is 14.9. The van der Waals surface area contributed by atoms with Crippen molar-refractivity contribution in [2.24, 2.45) is 0 Å². The highest BCUT2D eigenvalue weighted by atomic mass is 32.1. The summed E-state index contributed by atoms with van der Waals surface area (Å²) in [5.41, 5.74) is 3.10. The second kappa shape index (κ2) is 7.06. The Morgan fingerprint density at radius 2 is 1.90 bits per heavy atom. The minimum absolute atomic E-state index is 0.0691. The number of hydrogen-bond donors (Lipinski definition) is 0. The van der Waals surface area contributed by atoms with Crippen molar-refractivity contribution in [3.05, 3.63) is 85.7 Å². The van der Waals surface area contributed by atoms with Crippen LogP contribution in [0.5, 0.6) is 5.75 Å². The van der Waals surface area contributed by atoms with Crippen LogP contribution in [0, 0.1) is 20.8 Å². The molecule has 0 fully saturated rings. The van der Waals surface area contributed by atoms with Gasteiger partial charge in [-0.1, -0.05) is 23.8 Å². The second-order valence-corrected chi connectivity index (χ2v) is 8.85. The van der Waals surface area contributed by atoms with Crippen LogP contribution in [0.2, 0.25) is 0 Å². The first-order valence-corrected chi connectivity index (χ1v) is 10.7. The molecule has 0 bridgehead atoms. The molecule has 6 nitrogen and oxygen atoms in total. The van der Waals surface area contributed by atoms with Gasteiger partial charge in [-0.2, -0.15) is 0 Å². The number of thiazole rings is 1. The van der Waals surface area contributed by atoms with Crippen LogP contribution in [0.1, 0.15) is 43.9 Å². The third-order valence-electron chi connectivity index (χ3n) is 5.66. The summed E-state index contributed by atoms with van der Waals surface area (Å²) >= 11 is 1.43. The number of fused-ring (bicyclic) bond motifs is 2. The molecule has 1 amide bonds. The van der Waals surface area contributed by atoms with Crippen LogP contribution >= 0.6 is 11.3 Å². The normalized spacial score (nSPS) is 15.5. The summed E-state index contributed by atoms with van der Waals surface area (Å²) in [6, 6.07) is 12.2. The van der Waals surface area contributed by atoms with Gasteiger partial charge < -0.3 is 9.15 Å². The largest absolute Gasteiger partial charge is 0.497 e. The van der Waals surface area contributed by atoms with E-state index in [2.05, 4.69) is 4.98 Å². The molecule has 0 saturated carbocycles. The summed E-state index contributed by atoms with van der Waals surface area (Å²) in [4.78, 5) is 34.4. The molecular formula is C24H20N2O4S. The average molecular weight is 433 g/mol. The van der Waals surface area contributed by atoms with Gasteiger partial charge in [-0.25, -0.2) is 4.98 Å². The van der Waals surface area contributed by atoms with E-state index in [1.54, 1.807) is 24.1 Å². The second-order valence-electron chi connectivity index (χ2n) is 7.67. The van der Waals surface area contributed by atoms with Crippen LogP contribution in [0.3, 0.4) is 0 Å². The van der Waals surface area contributed by atoms with E-state index in [1.807, 2.05) is 51.1 Å². The van der Waals surface area contributed by atoms with Gasteiger partial charge in [-0.3, -0.25) is 14.5 Å². The molecule has 3 heterocycles. The molecule has 1 aliphatic rings. The molecule has 0 saturated heterocycles. The fourth-order valence-corrected chi connectivity index (χ4v) is 4.91. The van der Waals surface area contributed by atoms with E-state index in [0.29, 0.717) is 27.4 Å². The van der Waals surface area contributed by atoms with Crippen LogP contribution in [0.15, 0.2) is 51.7 Å². The van der Waals surface area contributed by atoms with Crippen LogP contribution < -0.4 is 15.1 Å². The highest BCUT2D eigenvalue weighted by molar-refractivity contribution is 7.15. The van der Waals surface area contributed by atoms with Gasteiger partial charge in [0.2, 0.25) is 5.76 Å². The van der Waals surface area contributed by atoms with Gasteiger partial charge in [0.1, 0.15) is 11.3 Å². The van der Waals surface area contributed by atoms with Gasteiger partial charge in [0, 0.05) is 4.88 Å². The Morgan fingerprint density at radius 3 is 2.61 bits per heavy atom. The number of anilines is 1. The van der Waals surface area contributed by atoms with Crippen LogP contribution in [-0.2, 0) is 0 Å². The van der Waals surface area contributed by atoms with Crippen molar-refractivity contribution in [1.29, 1.82) is 0 Å². The van der Waals surface area contributed by atoms with Crippen LogP contribution in [0.25, 0.3) is 11.0 Å². The summed E-state index contributed by atoms with van der Waals surface area (Å²) in [6.45, 7) is 5.79. The highest BCUT2D eigenvalue weighted by Gasteiger charge is 2.45. The smallest absolute Gasteiger partial charge is 0.297 e. The number of rotatable bonds is 3. The van der Waals surface area contributed by atoms with Gasteiger partial charge >= 0.3 is 0 Å². The van der Waals surface area contributed by atoms with Crippen molar-refractivity contribution in [1.82, 2.24) is 4.98 Å². The Balaban J connectivity index is 1.83. The first-order valence-electron chi connectivity index (χ1n) is 9.88. The van der Waals surface area contributed by atoms with Gasteiger partial charge in [0.25, 0.3) is 5.91 Å². The topological polar surface area (TPSA) is 72.6 Å². The zero-order chi connectivity index (χ0) is 21.9. The predicted octanol–water partition coefficient (Wildman–Crippen LogP) is 4.93. The maximum absolute atomic E-state index is 13.6. The molecule has 1 atom stereocenters. The number of nitrogens with zero attached hydrogens (tertiary/aromatic N) is 2. The highest BCUT2D eigenvalue weighted by Crippen LogP contribution is 2.43. The third-order valence-corrected chi connectivity index (χ3v) is 6.73. The molecule has 7 heteroatoms. The number of hydrogen-bond acceptors (Lipinski definition) is 6. The number of carbonyl (C=O) groups is 1. The summed E-state index contributed by atoms with van der Waals surface area (Å²) in [5, 5.41) is 1.01. The maximum Gasteiger partial charge on any atom is 0.297 e. The molecule has 0 unspecified atom stereocenters. The van der Waals surface area contributed by atoms with E-state index in [0.717, 1.165) is 21.7 Å². The fraction of sp³-hybridized carbons (Fsp3) is 0.208. The summed E-state index contributed by atoms with van der Waals surface area (Å²) < 4.78 is 11.4. The summed E-state index contributed by atoms with van der Waals surface area (Å²) in [5.74, 6) is 0.349. The summed E-state index contributed by atoms with van der Waals surface area (Å²) in [6.07, 6.45) is 0. The van der Waals surface area contributed by atoms with Gasteiger partial charge in [-0.15, -0.1) is 11.3 Å². The number of aryl methyl sites for hydroxylation is 3. The lowest BCUT2D eigenvalue weighted by Gasteiger charge is -2.23. The third kappa shape index (κ3) is 2.96. The van der Waals surface area contributed by atoms with Gasteiger partial charge in [-0.05, 0) is 50.6 Å². The van der Waals surface area contributed by atoms with E-state index in [-0.39, 0.29) is 17.1 Å². The predicted molar refractivity (Wildman–Crippen MR) is 120 cm³/mol. The molecule has 2 aromatic heterocycles. The lowest BCUT2D eigenvalue weighted by Crippen LogP contribution is -2.29. The van der Waals surface area contributed by atoms with Crippen LogP contribution in [0.4, 0.5) is 5.13 Å². The molecule has 4 aromatic rings. The van der Waals surface area contributed by atoms with Gasteiger partial charge in [0.05, 0.1) is 29.8 Å². The molecule has 156 valence electrons. The van der Waals surface area contributed by atoms with Gasteiger partial charge in [0.15, 0.2) is 10.6 Å². The number of amides is 1. The molecule has 5 rings (SSSR count). The van der Waals surface area contributed by atoms with E-state index >= 15 is 0 Å². The Kier molecular flexibility index (Phi) is 4.44. The first kappa shape index (κ1) is 19.5. The van der Waals surface area contributed by atoms with E-state index in [9.17, 15) is 9.59 Å². The minimum Gasteiger partial charge on any atom is -0.497 e. The molecule has 2 aromatic carbocycles. The number of carbonyl (C=O) groups excluding carboxylic acids is 1. The monoisotopic (exact) mass is 432 g/mol. The fourth-order valence-electron chi connectivity index (χ4n) is 3.97. The Hall–Kier alpha value is -3.45. The quantitative estimate of drug-likeness (QED) is 0.459. The Labute approximate surface area is 182 Å². The molecular weight excluding hydrogens is 412 g/mol. The number of benzene rings is 2. The zero-order valence-corrected chi connectivity index (χ0v) is 18.4. The molecule has 0 N–H and O–H groups in total. The lowest BCUT2D eigenvalue weighted by molar-refractivity contribution is 0.0971. The number of aromatic nitrogens is 1. The molecule has 31 heavy (non-hydrogen) atoms. The maximum atomic E-state index is 13.6. The van der Waals surface area contributed by atoms with Crippen molar-refractivity contribution >= 4 is 33.3 Å². The van der Waals surface area contributed by atoms with E-state index in [4.69, 9.17) is 9.15 Å². The van der Waals surface area contributed by atoms with E-state index in [1.165, 1.54) is 11.3 Å². The zero-order valence-electron chi connectivity index (χ0n) is 17.6. The molecule has 0 radical (unpaired) electrons. The van der Waals surface area contributed by atoms with E-state index < -0.39 is 6.04 Å². The molecule has 0 spiro atoms. The molecule has 0 aliphatic carbocycles.